The van der Waals surface area contributed by atoms with Crippen LogP contribution in [0.25, 0.3) is 18.2 Å². The van der Waals surface area contributed by atoms with Crippen molar-refractivity contribution in [2.24, 2.45) is 0 Å². The minimum atomic E-state index is 0.432. The maximum Gasteiger partial charge on any atom is 0.0238 e. The summed E-state index contributed by atoms with van der Waals surface area (Å²) in [5, 5.41) is 0. The number of hydrogen-bond donors (Lipinski definition) is 0. The smallest absolute Gasteiger partial charge is 0.0238 e. The van der Waals surface area contributed by atoms with Crippen LogP contribution in [0.2, 0.25) is 0 Å². The van der Waals surface area contributed by atoms with Gasteiger partial charge in [0.05, 0.1) is 0 Å². The molecule has 0 N–H and O–H groups in total. The zero-order valence-electron chi connectivity index (χ0n) is 15.2. The van der Waals surface area contributed by atoms with E-state index in [1.54, 1.807) is 0 Å². The Labute approximate surface area is 156 Å². The Balaban J connectivity index is 0.000000206. The van der Waals surface area contributed by atoms with E-state index >= 15 is 0 Å². The second kappa shape index (κ2) is 8.82. The third kappa shape index (κ3) is 4.49. The molecule has 0 fully saturated rings. The number of benzene rings is 3. The van der Waals surface area contributed by atoms with Gasteiger partial charge >= 0.3 is 0 Å². The molecule has 0 bridgehead atoms. The number of rotatable bonds is 3. The molecule has 1 aliphatic rings. The molecular formula is C26H24. The van der Waals surface area contributed by atoms with Gasteiger partial charge in [-0.05, 0) is 29.2 Å². The molecule has 0 spiro atoms. The zero-order valence-corrected chi connectivity index (χ0v) is 15.2. The lowest BCUT2D eigenvalue weighted by atomic mass is 9.92. The molecular weight excluding hydrogens is 312 g/mol. The summed E-state index contributed by atoms with van der Waals surface area (Å²) >= 11 is 0. The van der Waals surface area contributed by atoms with Gasteiger partial charge in [0.15, 0.2) is 0 Å². The molecule has 26 heavy (non-hydrogen) atoms. The highest BCUT2D eigenvalue weighted by molar-refractivity contribution is 5.67. The van der Waals surface area contributed by atoms with Crippen LogP contribution in [-0.2, 0) is 0 Å². The predicted octanol–water partition coefficient (Wildman–Crippen LogP) is 7.23. The van der Waals surface area contributed by atoms with Gasteiger partial charge in [0, 0.05) is 5.92 Å². The normalized spacial score (nSPS) is 15.0. The summed E-state index contributed by atoms with van der Waals surface area (Å²) in [4.78, 5) is 0. The van der Waals surface area contributed by atoms with Crippen LogP contribution in [-0.4, -0.2) is 0 Å². The maximum absolute atomic E-state index is 3.63. The Bertz CT molecular complexity index is 899. The van der Waals surface area contributed by atoms with E-state index in [0.717, 1.165) is 0 Å². The number of fused-ring (bicyclic) bond motifs is 1. The van der Waals surface area contributed by atoms with E-state index in [4.69, 9.17) is 0 Å². The lowest BCUT2D eigenvalue weighted by Crippen LogP contribution is -1.94. The molecule has 0 saturated carbocycles. The molecule has 0 heteroatoms. The van der Waals surface area contributed by atoms with Crippen molar-refractivity contribution >= 4 is 18.2 Å². The van der Waals surface area contributed by atoms with Crippen molar-refractivity contribution in [3.8, 4) is 0 Å². The fourth-order valence-corrected chi connectivity index (χ4v) is 3.14. The van der Waals surface area contributed by atoms with Crippen LogP contribution in [0.4, 0.5) is 0 Å². The van der Waals surface area contributed by atoms with Gasteiger partial charge < -0.3 is 0 Å². The van der Waals surface area contributed by atoms with Gasteiger partial charge in [0.25, 0.3) is 0 Å². The van der Waals surface area contributed by atoms with Gasteiger partial charge in [-0.25, -0.2) is 0 Å². The van der Waals surface area contributed by atoms with Crippen LogP contribution in [0.3, 0.4) is 0 Å². The van der Waals surface area contributed by atoms with Crippen LogP contribution >= 0.6 is 0 Å². The fraction of sp³-hybridized carbons (Fsp3) is 0.0769. The van der Waals surface area contributed by atoms with Crippen molar-refractivity contribution in [2.45, 2.75) is 12.8 Å². The first-order valence-electron chi connectivity index (χ1n) is 8.96. The molecule has 4 rings (SSSR count). The average molecular weight is 336 g/mol. The monoisotopic (exact) mass is 336 g/mol. The topological polar surface area (TPSA) is 0 Å². The van der Waals surface area contributed by atoms with Crippen LogP contribution in [0, 0.1) is 0 Å². The first-order valence-corrected chi connectivity index (χ1v) is 8.96. The van der Waals surface area contributed by atoms with Crippen molar-refractivity contribution in [2.75, 3.05) is 0 Å². The molecule has 0 nitrogen and oxygen atoms in total. The van der Waals surface area contributed by atoms with E-state index < -0.39 is 0 Å². The van der Waals surface area contributed by atoms with Crippen LogP contribution < -0.4 is 0 Å². The molecule has 0 aromatic heterocycles. The standard InChI is InChI=1S/C18H16.C8H8/c1-14(13-15-7-3-2-4-8-15)17-12-11-16-9-5-6-10-18(16)17;1-2-8-6-4-3-5-7-8/h2-13,17H,1H3;2-7H,1H2. The summed E-state index contributed by atoms with van der Waals surface area (Å²) in [6.45, 7) is 5.84. The minimum Gasteiger partial charge on any atom is -0.0985 e. The van der Waals surface area contributed by atoms with E-state index in [1.807, 2.05) is 36.4 Å². The predicted molar refractivity (Wildman–Crippen MR) is 115 cm³/mol. The number of hydrogen-bond acceptors (Lipinski definition) is 0. The third-order valence-corrected chi connectivity index (χ3v) is 4.52. The minimum absolute atomic E-state index is 0.432. The van der Waals surface area contributed by atoms with Gasteiger partial charge in [0.2, 0.25) is 0 Å². The summed E-state index contributed by atoms with van der Waals surface area (Å²) < 4.78 is 0. The Kier molecular flexibility index (Phi) is 6.01. The summed E-state index contributed by atoms with van der Waals surface area (Å²) in [5.41, 5.74) is 6.60. The van der Waals surface area contributed by atoms with Gasteiger partial charge in [0.1, 0.15) is 0 Å². The molecule has 3 aromatic rings. The van der Waals surface area contributed by atoms with Gasteiger partial charge in [-0.2, -0.15) is 0 Å². The highest BCUT2D eigenvalue weighted by Gasteiger charge is 2.17. The van der Waals surface area contributed by atoms with Gasteiger partial charge in [-0.1, -0.05) is 121 Å². The van der Waals surface area contributed by atoms with E-state index in [1.165, 1.54) is 27.8 Å². The Hall–Kier alpha value is -3.12. The Morgan fingerprint density at radius 2 is 1.35 bits per heavy atom. The van der Waals surface area contributed by atoms with Crippen LogP contribution in [0.15, 0.2) is 103 Å². The fourth-order valence-electron chi connectivity index (χ4n) is 3.14. The van der Waals surface area contributed by atoms with Gasteiger partial charge in [-0.15, -0.1) is 0 Å². The molecule has 3 aromatic carbocycles. The molecule has 0 saturated heterocycles. The Morgan fingerprint density at radius 1 is 0.769 bits per heavy atom. The van der Waals surface area contributed by atoms with E-state index in [9.17, 15) is 0 Å². The van der Waals surface area contributed by atoms with E-state index in [-0.39, 0.29) is 0 Å². The first kappa shape index (κ1) is 17.7. The van der Waals surface area contributed by atoms with Crippen LogP contribution in [0.5, 0.6) is 0 Å². The summed E-state index contributed by atoms with van der Waals surface area (Å²) in [5.74, 6) is 0.432. The van der Waals surface area contributed by atoms with Crippen molar-refractivity contribution in [3.05, 3.63) is 125 Å². The summed E-state index contributed by atoms with van der Waals surface area (Å²) in [6.07, 6.45) is 8.62. The average Bonchev–Trinajstić information content (AvgIpc) is 3.14. The lowest BCUT2D eigenvalue weighted by Gasteiger charge is -2.11. The van der Waals surface area contributed by atoms with Crippen molar-refractivity contribution in [3.63, 3.8) is 0 Å². The van der Waals surface area contributed by atoms with Gasteiger partial charge in [-0.3, -0.25) is 0 Å². The SMILES string of the molecule is C=Cc1ccccc1.CC(=Cc1ccccc1)C1C=Cc2ccccc21. The van der Waals surface area contributed by atoms with Crippen LogP contribution in [0.1, 0.15) is 35.1 Å². The second-order valence-electron chi connectivity index (χ2n) is 6.38. The molecule has 0 heterocycles. The molecule has 0 amide bonds. The van der Waals surface area contributed by atoms with Crippen molar-refractivity contribution in [1.82, 2.24) is 0 Å². The van der Waals surface area contributed by atoms with E-state index in [0.29, 0.717) is 5.92 Å². The highest BCUT2D eigenvalue weighted by atomic mass is 14.2. The van der Waals surface area contributed by atoms with E-state index in [2.05, 4.69) is 86.3 Å². The largest absolute Gasteiger partial charge is 0.0985 e. The highest BCUT2D eigenvalue weighted by Crippen LogP contribution is 2.35. The lowest BCUT2D eigenvalue weighted by molar-refractivity contribution is 1.02. The molecule has 0 aliphatic heterocycles. The van der Waals surface area contributed by atoms with Crippen molar-refractivity contribution in [1.29, 1.82) is 0 Å². The first-order chi connectivity index (χ1) is 12.8. The molecule has 0 radical (unpaired) electrons. The molecule has 1 aliphatic carbocycles. The molecule has 1 unspecified atom stereocenters. The quantitative estimate of drug-likeness (QED) is 0.473. The zero-order chi connectivity index (χ0) is 18.2. The van der Waals surface area contributed by atoms with Crippen molar-refractivity contribution < 1.29 is 0 Å². The second-order valence-corrected chi connectivity index (χ2v) is 6.38. The molecule has 128 valence electrons. The molecule has 1 atom stereocenters. The Morgan fingerprint density at radius 3 is 1.96 bits per heavy atom. The summed E-state index contributed by atoms with van der Waals surface area (Å²) in [7, 11) is 0. The number of allylic oxidation sites excluding steroid dienone is 2. The third-order valence-electron chi connectivity index (χ3n) is 4.52. The summed E-state index contributed by atoms with van der Waals surface area (Å²) in [6, 6.07) is 29.2. The maximum atomic E-state index is 3.63.